The van der Waals surface area contributed by atoms with E-state index in [0.717, 1.165) is 36.9 Å². The number of hydrogen-bond donors (Lipinski definition) is 0. The Hall–Kier alpha value is -0.760. The Morgan fingerprint density at radius 3 is 2.38 bits per heavy atom. The second-order valence-electron chi connectivity index (χ2n) is 6.54. The molecule has 21 heavy (non-hydrogen) atoms. The molecule has 0 aliphatic rings. The van der Waals surface area contributed by atoms with E-state index in [0.29, 0.717) is 0 Å². The quantitative estimate of drug-likeness (QED) is 0.308. The van der Waals surface area contributed by atoms with Crippen molar-refractivity contribution in [3.05, 3.63) is 41.5 Å². The third-order valence-corrected chi connectivity index (χ3v) is 3.95. The maximum absolute atomic E-state index is 6.00. The van der Waals surface area contributed by atoms with Crippen molar-refractivity contribution in [1.29, 1.82) is 0 Å². The van der Waals surface area contributed by atoms with E-state index in [1.54, 1.807) is 0 Å². The standard InChI is InChI=1S/C19H29BrO/c1-16-11-12-18(17(15-16)19(2,3)4)21-14-10-8-6-5-7-9-13-20/h5-6,11-12,15H,7-10,13-14H2,1-4H3. The van der Waals surface area contributed by atoms with E-state index in [9.17, 15) is 0 Å². The molecule has 0 atom stereocenters. The zero-order chi connectivity index (χ0) is 15.7. The van der Waals surface area contributed by atoms with Crippen LogP contribution < -0.4 is 4.74 Å². The first-order valence-electron chi connectivity index (χ1n) is 7.90. The van der Waals surface area contributed by atoms with Crippen molar-refractivity contribution in [2.75, 3.05) is 11.9 Å². The average Bonchev–Trinajstić information content (AvgIpc) is 2.42. The molecule has 0 bridgehead atoms. The zero-order valence-corrected chi connectivity index (χ0v) is 15.5. The van der Waals surface area contributed by atoms with Crippen molar-refractivity contribution < 1.29 is 4.74 Å². The lowest BCUT2D eigenvalue weighted by Gasteiger charge is -2.23. The van der Waals surface area contributed by atoms with Crippen LogP contribution in [0.2, 0.25) is 0 Å². The highest BCUT2D eigenvalue weighted by Gasteiger charge is 2.18. The van der Waals surface area contributed by atoms with Gasteiger partial charge in [0.15, 0.2) is 0 Å². The number of aryl methyl sites for hydroxylation is 1. The first kappa shape index (κ1) is 18.3. The summed E-state index contributed by atoms with van der Waals surface area (Å²) >= 11 is 3.44. The molecule has 0 fully saturated rings. The van der Waals surface area contributed by atoms with Crippen LogP contribution in [-0.4, -0.2) is 11.9 Å². The Labute approximate surface area is 138 Å². The number of benzene rings is 1. The number of ether oxygens (including phenoxy) is 1. The van der Waals surface area contributed by atoms with E-state index in [1.165, 1.54) is 17.5 Å². The summed E-state index contributed by atoms with van der Waals surface area (Å²) in [5.74, 6) is 1.04. The Morgan fingerprint density at radius 2 is 1.76 bits per heavy atom. The highest BCUT2D eigenvalue weighted by molar-refractivity contribution is 9.09. The van der Waals surface area contributed by atoms with E-state index >= 15 is 0 Å². The molecule has 1 rings (SSSR count). The molecule has 2 heteroatoms. The van der Waals surface area contributed by atoms with Crippen LogP contribution >= 0.6 is 15.9 Å². The zero-order valence-electron chi connectivity index (χ0n) is 13.9. The van der Waals surface area contributed by atoms with Gasteiger partial charge in [0.05, 0.1) is 6.61 Å². The first-order valence-corrected chi connectivity index (χ1v) is 9.02. The predicted octanol–water partition coefficient (Wildman–Crippen LogP) is 6.18. The van der Waals surface area contributed by atoms with E-state index < -0.39 is 0 Å². The van der Waals surface area contributed by atoms with E-state index in [2.05, 4.69) is 74.0 Å². The molecule has 1 aromatic rings. The van der Waals surface area contributed by atoms with Crippen molar-refractivity contribution in [3.63, 3.8) is 0 Å². The average molecular weight is 353 g/mol. The van der Waals surface area contributed by atoms with E-state index in [4.69, 9.17) is 4.74 Å². The van der Waals surface area contributed by atoms with Gasteiger partial charge in [0.2, 0.25) is 0 Å². The molecule has 0 aromatic heterocycles. The molecule has 0 unspecified atom stereocenters. The van der Waals surface area contributed by atoms with Gasteiger partial charge in [-0.3, -0.25) is 0 Å². The minimum absolute atomic E-state index is 0.122. The van der Waals surface area contributed by atoms with Crippen molar-refractivity contribution in [2.45, 2.75) is 58.8 Å². The highest BCUT2D eigenvalue weighted by atomic mass is 79.9. The molecule has 0 N–H and O–H groups in total. The monoisotopic (exact) mass is 352 g/mol. The SMILES string of the molecule is Cc1ccc(OCCCC=CCCCBr)c(C(C)(C)C)c1. The fraction of sp³-hybridized carbons (Fsp3) is 0.579. The molecule has 0 aliphatic carbocycles. The molecule has 1 nitrogen and oxygen atoms in total. The fourth-order valence-electron chi connectivity index (χ4n) is 2.17. The van der Waals surface area contributed by atoms with E-state index in [-0.39, 0.29) is 5.41 Å². The molecular weight excluding hydrogens is 324 g/mol. The van der Waals surface area contributed by atoms with Crippen LogP contribution in [-0.2, 0) is 5.41 Å². The maximum atomic E-state index is 6.00. The highest BCUT2D eigenvalue weighted by Crippen LogP contribution is 2.32. The van der Waals surface area contributed by atoms with Gasteiger partial charge in [-0.1, -0.05) is 66.5 Å². The molecule has 118 valence electrons. The number of allylic oxidation sites excluding steroid dienone is 2. The Balaban J connectivity index is 2.44. The molecule has 0 spiro atoms. The third-order valence-electron chi connectivity index (χ3n) is 3.39. The largest absolute Gasteiger partial charge is 0.493 e. The molecule has 0 saturated carbocycles. The van der Waals surface area contributed by atoms with Crippen LogP contribution in [0.3, 0.4) is 0 Å². The normalized spacial score (nSPS) is 12.0. The summed E-state index contributed by atoms with van der Waals surface area (Å²) in [5.41, 5.74) is 2.72. The van der Waals surface area contributed by atoms with Crippen molar-refractivity contribution >= 4 is 15.9 Å². The van der Waals surface area contributed by atoms with Gasteiger partial charge in [-0.05, 0) is 49.7 Å². The summed E-state index contributed by atoms with van der Waals surface area (Å²) in [6.07, 6.45) is 9.09. The topological polar surface area (TPSA) is 9.23 Å². The second-order valence-corrected chi connectivity index (χ2v) is 7.34. The van der Waals surface area contributed by atoms with Crippen molar-refractivity contribution in [1.82, 2.24) is 0 Å². The fourth-order valence-corrected chi connectivity index (χ4v) is 2.49. The maximum Gasteiger partial charge on any atom is 0.123 e. The summed E-state index contributed by atoms with van der Waals surface area (Å²) in [6, 6.07) is 6.49. The molecule has 0 heterocycles. The lowest BCUT2D eigenvalue weighted by molar-refractivity contribution is 0.303. The van der Waals surface area contributed by atoms with Gasteiger partial charge in [-0.25, -0.2) is 0 Å². The lowest BCUT2D eigenvalue weighted by Crippen LogP contribution is -2.14. The minimum Gasteiger partial charge on any atom is -0.493 e. The van der Waals surface area contributed by atoms with Crippen LogP contribution in [0.4, 0.5) is 0 Å². The molecule has 0 saturated heterocycles. The van der Waals surface area contributed by atoms with Gasteiger partial charge >= 0.3 is 0 Å². The van der Waals surface area contributed by atoms with Gasteiger partial charge < -0.3 is 4.74 Å². The van der Waals surface area contributed by atoms with Gasteiger partial charge in [0, 0.05) is 5.33 Å². The van der Waals surface area contributed by atoms with Crippen molar-refractivity contribution in [2.24, 2.45) is 0 Å². The Kier molecular flexibility index (Phi) is 8.10. The van der Waals surface area contributed by atoms with Crippen LogP contribution in [0.25, 0.3) is 0 Å². The number of rotatable bonds is 8. The lowest BCUT2D eigenvalue weighted by atomic mass is 9.85. The third kappa shape index (κ3) is 7.17. The van der Waals surface area contributed by atoms with Gasteiger partial charge in [-0.2, -0.15) is 0 Å². The van der Waals surface area contributed by atoms with Crippen LogP contribution in [0.15, 0.2) is 30.4 Å². The number of alkyl halides is 1. The smallest absolute Gasteiger partial charge is 0.123 e. The minimum atomic E-state index is 0.122. The Bertz CT molecular complexity index is 443. The molecule has 0 amide bonds. The predicted molar refractivity (Wildman–Crippen MR) is 96.8 cm³/mol. The molecule has 0 radical (unpaired) electrons. The number of halogens is 1. The van der Waals surface area contributed by atoms with Gasteiger partial charge in [0.1, 0.15) is 5.75 Å². The number of hydrogen-bond acceptors (Lipinski definition) is 1. The number of unbranched alkanes of at least 4 members (excludes halogenated alkanes) is 2. The summed E-state index contributed by atoms with van der Waals surface area (Å²) in [4.78, 5) is 0. The summed E-state index contributed by atoms with van der Waals surface area (Å²) in [7, 11) is 0. The van der Waals surface area contributed by atoms with Crippen LogP contribution in [0.5, 0.6) is 5.75 Å². The molecule has 1 aromatic carbocycles. The summed E-state index contributed by atoms with van der Waals surface area (Å²) in [5, 5.41) is 1.09. The van der Waals surface area contributed by atoms with Crippen LogP contribution in [0, 0.1) is 6.92 Å². The van der Waals surface area contributed by atoms with Crippen LogP contribution in [0.1, 0.15) is 57.6 Å². The molecule has 0 aliphatic heterocycles. The summed E-state index contributed by atoms with van der Waals surface area (Å²) in [6.45, 7) is 9.63. The van der Waals surface area contributed by atoms with Gasteiger partial charge in [0.25, 0.3) is 0 Å². The second kappa shape index (κ2) is 9.30. The van der Waals surface area contributed by atoms with Crippen molar-refractivity contribution in [3.8, 4) is 5.75 Å². The Morgan fingerprint density at radius 1 is 1.10 bits per heavy atom. The first-order chi connectivity index (χ1) is 9.95. The summed E-state index contributed by atoms with van der Waals surface area (Å²) < 4.78 is 6.00. The van der Waals surface area contributed by atoms with E-state index in [1.807, 2.05) is 0 Å². The van der Waals surface area contributed by atoms with Gasteiger partial charge in [-0.15, -0.1) is 0 Å². The molecular formula is C19H29BrO.